The van der Waals surface area contributed by atoms with Gasteiger partial charge in [-0.25, -0.2) is 0 Å². The molecular weight excluding hydrogens is 372 g/mol. The molecule has 3 nitrogen and oxygen atoms in total. The molecule has 0 unspecified atom stereocenters. The highest BCUT2D eigenvalue weighted by atomic mass is 16.5. The zero-order valence-electron chi connectivity index (χ0n) is 18.1. The van der Waals surface area contributed by atoms with Crippen molar-refractivity contribution in [2.24, 2.45) is 17.3 Å². The summed E-state index contributed by atoms with van der Waals surface area (Å²) < 4.78 is 5.39. The van der Waals surface area contributed by atoms with Crippen molar-refractivity contribution in [1.82, 2.24) is 0 Å². The van der Waals surface area contributed by atoms with E-state index in [4.69, 9.17) is 4.74 Å². The van der Waals surface area contributed by atoms with Crippen LogP contribution in [0.15, 0.2) is 42.0 Å². The fourth-order valence-corrected chi connectivity index (χ4v) is 6.41. The van der Waals surface area contributed by atoms with Crippen molar-refractivity contribution < 1.29 is 14.6 Å². The summed E-state index contributed by atoms with van der Waals surface area (Å²) in [6, 6.07) is 12.4. The van der Waals surface area contributed by atoms with E-state index in [0.29, 0.717) is 29.3 Å². The molecule has 3 heteroatoms. The molecule has 2 saturated carbocycles. The van der Waals surface area contributed by atoms with Crippen LogP contribution in [0.4, 0.5) is 0 Å². The van der Waals surface area contributed by atoms with Crippen molar-refractivity contribution in [3.05, 3.63) is 64.2 Å². The lowest BCUT2D eigenvalue weighted by Gasteiger charge is -2.48. The molecule has 0 aliphatic heterocycles. The lowest BCUT2D eigenvalue weighted by molar-refractivity contribution is -0.127. The number of phenolic OH excluding ortho intramolecular Hbond substituents is 1. The Hall–Kier alpha value is -2.55. The van der Waals surface area contributed by atoms with Gasteiger partial charge in [0.15, 0.2) is 17.3 Å². The Balaban J connectivity index is 1.49. The van der Waals surface area contributed by atoms with Crippen LogP contribution in [0.1, 0.15) is 60.8 Å². The number of aromatic hydroxyl groups is 1. The van der Waals surface area contributed by atoms with E-state index in [9.17, 15) is 9.90 Å². The predicted octanol–water partition coefficient (Wildman–Crippen LogP) is 5.83. The van der Waals surface area contributed by atoms with Crippen molar-refractivity contribution in [1.29, 1.82) is 0 Å². The van der Waals surface area contributed by atoms with Crippen LogP contribution in [-0.2, 0) is 11.2 Å². The summed E-state index contributed by atoms with van der Waals surface area (Å²) in [6.45, 7) is 4.29. The number of methoxy groups -OCH3 is 1. The first-order valence-corrected chi connectivity index (χ1v) is 11.1. The Labute approximate surface area is 178 Å². The van der Waals surface area contributed by atoms with Gasteiger partial charge in [-0.3, -0.25) is 4.79 Å². The fraction of sp³-hybridized carbons (Fsp3) is 0.444. The van der Waals surface area contributed by atoms with Gasteiger partial charge < -0.3 is 9.84 Å². The van der Waals surface area contributed by atoms with E-state index in [1.165, 1.54) is 16.7 Å². The molecule has 0 bridgehead atoms. The third-order valence-electron chi connectivity index (χ3n) is 8.08. The van der Waals surface area contributed by atoms with Crippen LogP contribution in [0.5, 0.6) is 11.5 Å². The van der Waals surface area contributed by atoms with Gasteiger partial charge in [-0.15, -0.1) is 0 Å². The number of fused-ring (bicyclic) bond motifs is 5. The first kappa shape index (κ1) is 19.4. The second-order valence-electron chi connectivity index (χ2n) is 9.71. The van der Waals surface area contributed by atoms with Gasteiger partial charge in [0.05, 0.1) is 7.11 Å². The highest BCUT2D eigenvalue weighted by molar-refractivity contribution is 6.06. The topological polar surface area (TPSA) is 46.5 Å². The van der Waals surface area contributed by atoms with Gasteiger partial charge in [0.25, 0.3) is 0 Å². The van der Waals surface area contributed by atoms with Crippen LogP contribution in [0.25, 0.3) is 6.08 Å². The quantitative estimate of drug-likeness (QED) is 0.643. The number of hydrogen-bond acceptors (Lipinski definition) is 3. The Morgan fingerprint density at radius 2 is 1.93 bits per heavy atom. The third-order valence-corrected chi connectivity index (χ3v) is 8.08. The molecule has 0 saturated heterocycles. The van der Waals surface area contributed by atoms with E-state index < -0.39 is 0 Å². The molecule has 0 radical (unpaired) electrons. The van der Waals surface area contributed by atoms with Gasteiger partial charge in [0.2, 0.25) is 0 Å². The molecule has 156 valence electrons. The normalized spacial score (nSPS) is 31.2. The Morgan fingerprint density at radius 1 is 1.17 bits per heavy atom. The number of carbonyl (C=O) groups is 1. The molecule has 2 fully saturated rings. The van der Waals surface area contributed by atoms with Crippen molar-refractivity contribution in [3.8, 4) is 11.5 Å². The number of hydrogen-bond donors (Lipinski definition) is 1. The van der Waals surface area contributed by atoms with Crippen LogP contribution in [0.3, 0.4) is 0 Å². The second kappa shape index (κ2) is 7.01. The van der Waals surface area contributed by atoms with Crippen LogP contribution in [0.2, 0.25) is 0 Å². The van der Waals surface area contributed by atoms with E-state index >= 15 is 0 Å². The van der Waals surface area contributed by atoms with Gasteiger partial charge in [0.1, 0.15) is 0 Å². The number of phenols is 1. The first-order valence-electron chi connectivity index (χ1n) is 11.1. The molecule has 3 aliphatic carbocycles. The number of allylic oxidation sites excluding steroid dienone is 1. The number of aryl methyl sites for hydroxylation is 2. The summed E-state index contributed by atoms with van der Waals surface area (Å²) in [5.74, 6) is 2.51. The van der Waals surface area contributed by atoms with Gasteiger partial charge in [-0.05, 0) is 97.3 Å². The lowest BCUT2D eigenvalue weighted by atomic mass is 9.55. The molecule has 0 spiro atoms. The summed E-state index contributed by atoms with van der Waals surface area (Å²) in [4.78, 5) is 13.5. The van der Waals surface area contributed by atoms with Crippen molar-refractivity contribution in [2.45, 2.75) is 51.9 Å². The SMILES string of the molecule is COc1cc2c(cc1O)CC[C@@H]1[C@@H]2CC[C@]2(C)C(=O)/C(=C/c3ccc(C)cc3)C[C@@H]12. The molecule has 3 aliphatic rings. The van der Waals surface area contributed by atoms with E-state index in [0.717, 1.165) is 43.2 Å². The molecule has 4 atom stereocenters. The molecule has 0 heterocycles. The average molecular weight is 403 g/mol. The minimum Gasteiger partial charge on any atom is -0.504 e. The standard InChI is InChI=1S/C27H30O3/c1-16-4-6-17(7-5-16)12-19-13-23-21-9-8-18-14-24(28)25(30-3)15-22(18)20(21)10-11-27(23,2)26(19)29/h4-7,12,14-15,20-21,23,28H,8-11,13H2,1-3H3/b19-12+/t20-,21+,23-,27-/m0/s1. The predicted molar refractivity (Wildman–Crippen MR) is 119 cm³/mol. The van der Waals surface area contributed by atoms with Gasteiger partial charge in [-0.1, -0.05) is 36.8 Å². The number of Topliss-reactive ketones (excluding diaryl/α,β-unsaturated/α-hetero) is 1. The Kier molecular flexibility index (Phi) is 4.53. The number of benzene rings is 2. The molecule has 2 aromatic rings. The monoisotopic (exact) mass is 402 g/mol. The minimum atomic E-state index is -0.240. The highest BCUT2D eigenvalue weighted by Crippen LogP contribution is 2.61. The number of ketones is 1. The largest absolute Gasteiger partial charge is 0.504 e. The zero-order valence-corrected chi connectivity index (χ0v) is 18.1. The van der Waals surface area contributed by atoms with E-state index in [1.807, 2.05) is 12.1 Å². The second-order valence-corrected chi connectivity index (χ2v) is 9.71. The summed E-state index contributed by atoms with van der Waals surface area (Å²) in [5.41, 5.74) is 5.69. The zero-order chi connectivity index (χ0) is 21.0. The molecule has 0 aromatic heterocycles. The summed E-state index contributed by atoms with van der Waals surface area (Å²) in [6.07, 6.45) is 7.03. The summed E-state index contributed by atoms with van der Waals surface area (Å²) in [7, 11) is 1.61. The van der Waals surface area contributed by atoms with Gasteiger partial charge >= 0.3 is 0 Å². The maximum atomic E-state index is 13.5. The van der Waals surface area contributed by atoms with Gasteiger partial charge in [0, 0.05) is 5.41 Å². The summed E-state index contributed by atoms with van der Waals surface area (Å²) >= 11 is 0. The average Bonchev–Trinajstić information content (AvgIpc) is 2.99. The molecule has 30 heavy (non-hydrogen) atoms. The van der Waals surface area contributed by atoms with E-state index in [-0.39, 0.29) is 11.2 Å². The number of ether oxygens (including phenoxy) is 1. The van der Waals surface area contributed by atoms with Gasteiger partial charge in [-0.2, -0.15) is 0 Å². The highest BCUT2D eigenvalue weighted by Gasteiger charge is 2.56. The molecule has 5 rings (SSSR count). The Morgan fingerprint density at radius 3 is 2.67 bits per heavy atom. The molecule has 1 N–H and O–H groups in total. The first-order chi connectivity index (χ1) is 14.4. The number of rotatable bonds is 2. The summed E-state index contributed by atoms with van der Waals surface area (Å²) in [5, 5.41) is 10.2. The van der Waals surface area contributed by atoms with Crippen molar-refractivity contribution in [2.75, 3.05) is 7.11 Å². The van der Waals surface area contributed by atoms with Crippen LogP contribution in [-0.4, -0.2) is 18.0 Å². The lowest BCUT2D eigenvalue weighted by Crippen LogP contribution is -2.42. The third kappa shape index (κ3) is 2.90. The minimum absolute atomic E-state index is 0.231. The Bertz CT molecular complexity index is 1030. The van der Waals surface area contributed by atoms with Crippen LogP contribution < -0.4 is 4.74 Å². The van der Waals surface area contributed by atoms with E-state index in [2.05, 4.69) is 44.2 Å². The number of carbonyl (C=O) groups excluding carboxylic acids is 1. The fourth-order valence-electron chi connectivity index (χ4n) is 6.41. The van der Waals surface area contributed by atoms with Crippen molar-refractivity contribution >= 4 is 11.9 Å². The molecule has 0 amide bonds. The maximum Gasteiger partial charge on any atom is 0.165 e. The van der Waals surface area contributed by atoms with Crippen LogP contribution in [0, 0.1) is 24.2 Å². The maximum absolute atomic E-state index is 13.5. The van der Waals surface area contributed by atoms with E-state index in [1.54, 1.807) is 7.11 Å². The molecular formula is C27H30O3. The molecule has 2 aromatic carbocycles. The van der Waals surface area contributed by atoms with Crippen LogP contribution >= 0.6 is 0 Å². The smallest absolute Gasteiger partial charge is 0.165 e. The van der Waals surface area contributed by atoms with Crippen molar-refractivity contribution in [3.63, 3.8) is 0 Å².